The van der Waals surface area contributed by atoms with Gasteiger partial charge >= 0.3 is 5.97 Å². The highest BCUT2D eigenvalue weighted by molar-refractivity contribution is 5.92. The van der Waals surface area contributed by atoms with Crippen LogP contribution in [0.1, 0.15) is 47.2 Å². The first-order valence-electron chi connectivity index (χ1n) is 8.14. The standard InChI is InChI=1S/C18H16N2O6/c1-11-3-2-4-12-5-6-16(10-17(11)12)26-18(21)13-7-14(19(22)23)9-15(8-13)20(24)25/h5-11H,2-4H2,1H3/t11-/m0/s1. The molecular weight excluding hydrogens is 340 g/mol. The van der Waals surface area contributed by atoms with Gasteiger partial charge in [0.05, 0.1) is 21.5 Å². The number of carbonyl (C=O) groups is 1. The number of nitrogens with zero attached hydrogens (tertiary/aromatic N) is 2. The Morgan fingerprint density at radius 2 is 1.73 bits per heavy atom. The molecule has 8 heteroatoms. The number of benzene rings is 2. The fourth-order valence-electron chi connectivity index (χ4n) is 3.17. The molecule has 26 heavy (non-hydrogen) atoms. The van der Waals surface area contributed by atoms with Crippen LogP contribution in [0, 0.1) is 20.2 Å². The van der Waals surface area contributed by atoms with E-state index in [2.05, 4.69) is 6.92 Å². The van der Waals surface area contributed by atoms with Crippen molar-refractivity contribution in [2.75, 3.05) is 0 Å². The third-order valence-corrected chi connectivity index (χ3v) is 4.50. The first kappa shape index (κ1) is 17.5. The molecule has 1 aliphatic carbocycles. The van der Waals surface area contributed by atoms with Crippen LogP contribution in [0.2, 0.25) is 0 Å². The average Bonchev–Trinajstić information content (AvgIpc) is 2.62. The van der Waals surface area contributed by atoms with Crippen molar-refractivity contribution >= 4 is 17.3 Å². The highest BCUT2D eigenvalue weighted by atomic mass is 16.6. The van der Waals surface area contributed by atoms with Gasteiger partial charge in [-0.05, 0) is 48.4 Å². The second-order valence-corrected chi connectivity index (χ2v) is 6.30. The molecule has 8 nitrogen and oxygen atoms in total. The van der Waals surface area contributed by atoms with Crippen LogP contribution in [0.5, 0.6) is 5.75 Å². The number of ether oxygens (including phenoxy) is 1. The van der Waals surface area contributed by atoms with Crippen LogP contribution in [-0.2, 0) is 6.42 Å². The van der Waals surface area contributed by atoms with Crippen molar-refractivity contribution in [2.45, 2.75) is 32.1 Å². The minimum Gasteiger partial charge on any atom is -0.423 e. The van der Waals surface area contributed by atoms with Gasteiger partial charge in [-0.15, -0.1) is 0 Å². The van der Waals surface area contributed by atoms with Crippen LogP contribution in [-0.4, -0.2) is 15.8 Å². The molecule has 2 aromatic carbocycles. The number of hydrogen-bond acceptors (Lipinski definition) is 6. The molecule has 134 valence electrons. The Morgan fingerprint density at radius 3 is 2.35 bits per heavy atom. The number of fused-ring (bicyclic) bond motifs is 1. The Balaban J connectivity index is 1.90. The van der Waals surface area contributed by atoms with Crippen LogP contribution >= 0.6 is 0 Å². The lowest BCUT2D eigenvalue weighted by Crippen LogP contribution is -2.11. The van der Waals surface area contributed by atoms with Gasteiger partial charge in [0, 0.05) is 12.1 Å². The first-order valence-corrected chi connectivity index (χ1v) is 8.14. The van der Waals surface area contributed by atoms with Gasteiger partial charge in [0.15, 0.2) is 0 Å². The summed E-state index contributed by atoms with van der Waals surface area (Å²) in [6, 6.07) is 8.11. The maximum Gasteiger partial charge on any atom is 0.344 e. The Labute approximate surface area is 148 Å². The maximum atomic E-state index is 12.3. The fraction of sp³-hybridized carbons (Fsp3) is 0.278. The highest BCUT2D eigenvalue weighted by Gasteiger charge is 2.22. The second-order valence-electron chi connectivity index (χ2n) is 6.30. The molecular formula is C18H16N2O6. The monoisotopic (exact) mass is 356 g/mol. The average molecular weight is 356 g/mol. The number of nitro benzene ring substituents is 2. The second kappa shape index (κ2) is 6.91. The number of aryl methyl sites for hydroxylation is 1. The van der Waals surface area contributed by atoms with Crippen molar-refractivity contribution in [3.63, 3.8) is 0 Å². The summed E-state index contributed by atoms with van der Waals surface area (Å²) in [5.41, 5.74) is 1.02. The Bertz CT molecular complexity index is 876. The summed E-state index contributed by atoms with van der Waals surface area (Å²) in [5.74, 6) is -0.201. The molecule has 0 fully saturated rings. The molecule has 0 spiro atoms. The number of non-ortho nitro benzene ring substituents is 2. The lowest BCUT2D eigenvalue weighted by molar-refractivity contribution is -0.394. The predicted molar refractivity (Wildman–Crippen MR) is 92.5 cm³/mol. The van der Waals surface area contributed by atoms with Gasteiger partial charge in [0.2, 0.25) is 0 Å². The van der Waals surface area contributed by atoms with Gasteiger partial charge < -0.3 is 4.74 Å². The Hall–Kier alpha value is -3.29. The van der Waals surface area contributed by atoms with Gasteiger partial charge in [-0.2, -0.15) is 0 Å². The SMILES string of the molecule is C[C@H]1CCCc2ccc(OC(=O)c3cc([N+](=O)[O-])cc([N+](=O)[O-])c3)cc21. The van der Waals surface area contributed by atoms with Crippen molar-refractivity contribution in [3.05, 3.63) is 73.3 Å². The lowest BCUT2D eigenvalue weighted by atomic mass is 9.84. The summed E-state index contributed by atoms with van der Waals surface area (Å²) < 4.78 is 5.30. The minimum atomic E-state index is -0.875. The number of rotatable bonds is 4. The number of hydrogen-bond donors (Lipinski definition) is 0. The molecule has 0 amide bonds. The molecule has 0 bridgehead atoms. The molecule has 0 aliphatic heterocycles. The molecule has 0 N–H and O–H groups in total. The van der Waals surface area contributed by atoms with E-state index in [-0.39, 0.29) is 5.56 Å². The van der Waals surface area contributed by atoms with Crippen LogP contribution in [0.15, 0.2) is 36.4 Å². The molecule has 0 aromatic heterocycles. The largest absolute Gasteiger partial charge is 0.423 e. The quantitative estimate of drug-likeness (QED) is 0.352. The van der Waals surface area contributed by atoms with E-state index in [0.29, 0.717) is 11.7 Å². The van der Waals surface area contributed by atoms with Crippen molar-refractivity contribution in [1.29, 1.82) is 0 Å². The minimum absolute atomic E-state index is 0.239. The normalized spacial score (nSPS) is 15.8. The van der Waals surface area contributed by atoms with E-state index in [4.69, 9.17) is 4.74 Å². The Kier molecular flexibility index (Phi) is 4.66. The molecule has 0 radical (unpaired) electrons. The van der Waals surface area contributed by atoms with Gasteiger partial charge in [0.25, 0.3) is 11.4 Å². The van der Waals surface area contributed by atoms with Crippen LogP contribution in [0.3, 0.4) is 0 Å². The highest BCUT2D eigenvalue weighted by Crippen LogP contribution is 2.34. The van der Waals surface area contributed by atoms with Gasteiger partial charge in [-0.25, -0.2) is 4.79 Å². The molecule has 0 unspecified atom stereocenters. The summed E-state index contributed by atoms with van der Waals surface area (Å²) in [7, 11) is 0. The van der Waals surface area contributed by atoms with Crippen molar-refractivity contribution < 1.29 is 19.4 Å². The topological polar surface area (TPSA) is 113 Å². The molecule has 1 aliphatic rings. The fourth-order valence-corrected chi connectivity index (χ4v) is 3.17. The molecule has 2 aromatic rings. The zero-order chi connectivity index (χ0) is 18.8. The third kappa shape index (κ3) is 3.53. The summed E-state index contributed by atoms with van der Waals surface area (Å²) in [6.07, 6.45) is 3.15. The number of nitro groups is 2. The van der Waals surface area contributed by atoms with E-state index >= 15 is 0 Å². The maximum absolute atomic E-state index is 12.3. The van der Waals surface area contributed by atoms with E-state index in [9.17, 15) is 25.0 Å². The summed E-state index contributed by atoms with van der Waals surface area (Å²) in [4.78, 5) is 32.6. The zero-order valence-electron chi connectivity index (χ0n) is 14.0. The van der Waals surface area contributed by atoms with E-state index < -0.39 is 27.2 Å². The Morgan fingerprint density at radius 1 is 1.08 bits per heavy atom. The third-order valence-electron chi connectivity index (χ3n) is 4.50. The number of esters is 1. The molecule has 0 saturated carbocycles. The number of carbonyl (C=O) groups excluding carboxylic acids is 1. The van der Waals surface area contributed by atoms with E-state index in [0.717, 1.165) is 43.0 Å². The lowest BCUT2D eigenvalue weighted by Gasteiger charge is -2.22. The van der Waals surface area contributed by atoms with E-state index in [1.165, 1.54) is 5.56 Å². The van der Waals surface area contributed by atoms with Gasteiger partial charge in [-0.3, -0.25) is 20.2 Å². The smallest absolute Gasteiger partial charge is 0.344 e. The van der Waals surface area contributed by atoms with E-state index in [1.54, 1.807) is 12.1 Å². The van der Waals surface area contributed by atoms with Crippen LogP contribution in [0.25, 0.3) is 0 Å². The van der Waals surface area contributed by atoms with Crippen molar-refractivity contribution in [2.24, 2.45) is 0 Å². The van der Waals surface area contributed by atoms with Crippen molar-refractivity contribution in [1.82, 2.24) is 0 Å². The summed E-state index contributed by atoms with van der Waals surface area (Å²) in [6.45, 7) is 2.10. The molecule has 1 atom stereocenters. The molecule has 0 heterocycles. The molecule has 3 rings (SSSR count). The summed E-state index contributed by atoms with van der Waals surface area (Å²) in [5, 5.41) is 21.9. The van der Waals surface area contributed by atoms with Crippen molar-refractivity contribution in [3.8, 4) is 5.75 Å². The predicted octanol–water partition coefficient (Wildman–Crippen LogP) is 4.16. The van der Waals surface area contributed by atoms with Crippen LogP contribution in [0.4, 0.5) is 11.4 Å². The van der Waals surface area contributed by atoms with Gasteiger partial charge in [0.1, 0.15) is 5.75 Å². The van der Waals surface area contributed by atoms with Crippen LogP contribution < -0.4 is 4.74 Å². The zero-order valence-corrected chi connectivity index (χ0v) is 14.0. The molecule has 0 saturated heterocycles. The van der Waals surface area contributed by atoms with Gasteiger partial charge in [-0.1, -0.05) is 13.0 Å². The summed E-state index contributed by atoms with van der Waals surface area (Å²) >= 11 is 0. The first-order chi connectivity index (χ1) is 12.3. The van der Waals surface area contributed by atoms with E-state index in [1.807, 2.05) is 6.07 Å².